The molecule has 5 heteroatoms. The maximum Gasteiger partial charge on any atom is 0.320 e. The number of likely N-dealkylation sites (tertiary alicyclic amines) is 1. The lowest BCUT2D eigenvalue weighted by Crippen LogP contribution is -2.46. The highest BCUT2D eigenvalue weighted by Gasteiger charge is 2.44. The fourth-order valence-electron chi connectivity index (χ4n) is 2.65. The van der Waals surface area contributed by atoms with E-state index in [1.165, 1.54) is 0 Å². The van der Waals surface area contributed by atoms with Crippen LogP contribution in [0.5, 0.6) is 0 Å². The number of aliphatic hydroxyl groups is 1. The lowest BCUT2D eigenvalue weighted by Gasteiger charge is -2.36. The number of hydrogen-bond acceptors (Lipinski definition) is 4. The molecule has 0 aromatic carbocycles. The molecule has 2 fully saturated rings. The quantitative estimate of drug-likeness (QED) is 0.701. The summed E-state index contributed by atoms with van der Waals surface area (Å²) in [5, 5.41) is 18.6. The first-order valence-electron chi connectivity index (χ1n) is 5.81. The van der Waals surface area contributed by atoms with Gasteiger partial charge in [-0.1, -0.05) is 0 Å². The molecule has 2 N–H and O–H groups in total. The number of aliphatic hydroxyl groups excluding tert-OH is 1. The normalized spacial score (nSPS) is 37.8. The molecule has 0 aromatic rings. The molecule has 0 saturated carbocycles. The number of rotatable bonds is 2. The van der Waals surface area contributed by atoms with Crippen molar-refractivity contribution in [2.45, 2.75) is 43.9 Å². The number of carboxylic acids is 1. The van der Waals surface area contributed by atoms with Crippen LogP contribution in [0.3, 0.4) is 0 Å². The monoisotopic (exact) mass is 229 g/mol. The van der Waals surface area contributed by atoms with Crippen molar-refractivity contribution in [3.63, 3.8) is 0 Å². The summed E-state index contributed by atoms with van der Waals surface area (Å²) in [6.07, 6.45) is 1.85. The van der Waals surface area contributed by atoms with Crippen LogP contribution >= 0.6 is 0 Å². The number of aliphatic carboxylic acids is 1. The Hall–Kier alpha value is -0.650. The lowest BCUT2D eigenvalue weighted by atomic mass is 9.91. The fourth-order valence-corrected chi connectivity index (χ4v) is 2.65. The van der Waals surface area contributed by atoms with Gasteiger partial charge in [0.2, 0.25) is 0 Å². The lowest BCUT2D eigenvalue weighted by molar-refractivity contribution is -0.143. The van der Waals surface area contributed by atoms with E-state index < -0.39 is 12.0 Å². The van der Waals surface area contributed by atoms with E-state index in [0.717, 1.165) is 13.0 Å². The van der Waals surface area contributed by atoms with Crippen molar-refractivity contribution in [2.24, 2.45) is 0 Å². The van der Waals surface area contributed by atoms with Crippen LogP contribution in [0.2, 0.25) is 0 Å². The van der Waals surface area contributed by atoms with E-state index in [1.807, 2.05) is 4.90 Å². The maximum absolute atomic E-state index is 10.9. The summed E-state index contributed by atoms with van der Waals surface area (Å²) in [6.45, 7) is 3.63. The molecular weight excluding hydrogens is 210 g/mol. The summed E-state index contributed by atoms with van der Waals surface area (Å²) in [5.74, 6) is -0.798. The van der Waals surface area contributed by atoms with Crippen LogP contribution in [0.4, 0.5) is 0 Å². The summed E-state index contributed by atoms with van der Waals surface area (Å²) >= 11 is 0. The Morgan fingerprint density at radius 3 is 3.00 bits per heavy atom. The molecule has 0 aromatic heterocycles. The summed E-state index contributed by atoms with van der Waals surface area (Å²) in [6, 6.07) is -0.470. The van der Waals surface area contributed by atoms with Gasteiger partial charge in [-0.2, -0.15) is 0 Å². The molecule has 3 atom stereocenters. The average molecular weight is 229 g/mol. The third-order valence-corrected chi connectivity index (χ3v) is 3.72. The van der Waals surface area contributed by atoms with Crippen LogP contribution in [0, 0.1) is 0 Å². The summed E-state index contributed by atoms with van der Waals surface area (Å²) < 4.78 is 5.76. The van der Waals surface area contributed by atoms with Gasteiger partial charge in [0.25, 0.3) is 0 Å². The molecule has 2 aliphatic rings. The Labute approximate surface area is 95.0 Å². The van der Waals surface area contributed by atoms with Gasteiger partial charge in [0.15, 0.2) is 0 Å². The molecule has 0 radical (unpaired) electrons. The van der Waals surface area contributed by atoms with Crippen molar-refractivity contribution in [2.75, 3.05) is 19.7 Å². The van der Waals surface area contributed by atoms with Gasteiger partial charge in [-0.25, -0.2) is 0 Å². The van der Waals surface area contributed by atoms with E-state index >= 15 is 0 Å². The number of ether oxygens (including phenoxy) is 1. The minimum absolute atomic E-state index is 0.297. The molecule has 16 heavy (non-hydrogen) atoms. The Bertz CT molecular complexity index is 283. The van der Waals surface area contributed by atoms with Gasteiger partial charge in [-0.05, 0) is 19.8 Å². The minimum atomic E-state index is -0.798. The van der Waals surface area contributed by atoms with Crippen molar-refractivity contribution in [1.82, 2.24) is 4.90 Å². The molecule has 1 spiro atoms. The molecule has 2 aliphatic heterocycles. The van der Waals surface area contributed by atoms with E-state index in [1.54, 1.807) is 6.92 Å². The Balaban J connectivity index is 1.98. The second kappa shape index (κ2) is 4.31. The van der Waals surface area contributed by atoms with E-state index in [0.29, 0.717) is 26.0 Å². The second-order valence-corrected chi connectivity index (χ2v) is 4.91. The van der Waals surface area contributed by atoms with Gasteiger partial charge >= 0.3 is 5.97 Å². The number of hydrogen-bond donors (Lipinski definition) is 2. The molecule has 0 amide bonds. The van der Waals surface area contributed by atoms with E-state index in [2.05, 4.69) is 0 Å². The average Bonchev–Trinajstić information content (AvgIpc) is 2.60. The van der Waals surface area contributed by atoms with Gasteiger partial charge in [-0.3, -0.25) is 9.69 Å². The minimum Gasteiger partial charge on any atom is -0.480 e. The Morgan fingerprint density at radius 1 is 1.62 bits per heavy atom. The molecular formula is C11H19NO4. The second-order valence-electron chi connectivity index (χ2n) is 4.91. The van der Waals surface area contributed by atoms with Crippen molar-refractivity contribution in [3.05, 3.63) is 0 Å². The van der Waals surface area contributed by atoms with Crippen LogP contribution in [-0.4, -0.2) is 58.5 Å². The number of nitrogens with zero attached hydrogens (tertiary/aromatic N) is 1. The largest absolute Gasteiger partial charge is 0.480 e. The highest BCUT2D eigenvalue weighted by Crippen LogP contribution is 2.34. The van der Waals surface area contributed by atoms with Crippen molar-refractivity contribution in [1.29, 1.82) is 0 Å². The zero-order valence-corrected chi connectivity index (χ0v) is 9.56. The van der Waals surface area contributed by atoms with Crippen LogP contribution in [-0.2, 0) is 9.53 Å². The van der Waals surface area contributed by atoms with Crippen molar-refractivity contribution >= 4 is 5.97 Å². The van der Waals surface area contributed by atoms with Gasteiger partial charge in [0.05, 0.1) is 11.7 Å². The molecule has 2 heterocycles. The zero-order chi connectivity index (χ0) is 11.8. The number of carbonyl (C=O) groups is 1. The summed E-state index contributed by atoms with van der Waals surface area (Å²) in [4.78, 5) is 12.8. The molecule has 2 rings (SSSR count). The third-order valence-electron chi connectivity index (χ3n) is 3.72. The highest BCUT2D eigenvalue weighted by atomic mass is 16.5. The standard InChI is InChI=1S/C11H19NO4/c1-8(10(14)15)12-4-3-11(7-12)6-9(13)2-5-16-11/h8-9,13H,2-7H2,1H3,(H,14,15). The van der Waals surface area contributed by atoms with Crippen molar-refractivity contribution in [3.8, 4) is 0 Å². The van der Waals surface area contributed by atoms with Crippen LogP contribution in [0.25, 0.3) is 0 Å². The molecule has 0 aliphatic carbocycles. The van der Waals surface area contributed by atoms with Gasteiger partial charge in [0, 0.05) is 26.1 Å². The summed E-state index contributed by atoms with van der Waals surface area (Å²) in [7, 11) is 0. The SMILES string of the molecule is CC(C(=O)O)N1CCC2(CC(O)CCO2)C1. The Morgan fingerprint density at radius 2 is 2.38 bits per heavy atom. The van der Waals surface area contributed by atoms with Crippen molar-refractivity contribution < 1.29 is 19.7 Å². The molecule has 0 bridgehead atoms. The third kappa shape index (κ3) is 2.21. The smallest absolute Gasteiger partial charge is 0.320 e. The first-order valence-corrected chi connectivity index (χ1v) is 5.81. The predicted octanol–water partition coefficient (Wildman–Crippen LogP) is 0.0753. The van der Waals surface area contributed by atoms with Gasteiger partial charge in [0.1, 0.15) is 6.04 Å². The first-order chi connectivity index (χ1) is 7.52. The number of carboxylic acid groups (broad SMARTS) is 1. The molecule has 2 saturated heterocycles. The van der Waals surface area contributed by atoms with E-state index in [4.69, 9.17) is 9.84 Å². The van der Waals surface area contributed by atoms with E-state index in [-0.39, 0.29) is 11.7 Å². The first kappa shape index (κ1) is 11.8. The highest BCUT2D eigenvalue weighted by molar-refractivity contribution is 5.72. The molecule has 5 nitrogen and oxygen atoms in total. The fraction of sp³-hybridized carbons (Fsp3) is 0.909. The summed E-state index contributed by atoms with van der Waals surface area (Å²) in [5.41, 5.74) is -0.304. The zero-order valence-electron chi connectivity index (χ0n) is 9.56. The van der Waals surface area contributed by atoms with Gasteiger partial charge in [-0.15, -0.1) is 0 Å². The topological polar surface area (TPSA) is 70.0 Å². The van der Waals surface area contributed by atoms with Crippen LogP contribution < -0.4 is 0 Å². The predicted molar refractivity (Wildman–Crippen MR) is 57.2 cm³/mol. The van der Waals surface area contributed by atoms with E-state index in [9.17, 15) is 9.90 Å². The molecule has 3 unspecified atom stereocenters. The van der Waals surface area contributed by atoms with Crippen LogP contribution in [0.1, 0.15) is 26.2 Å². The molecule has 92 valence electrons. The van der Waals surface area contributed by atoms with Crippen LogP contribution in [0.15, 0.2) is 0 Å². The maximum atomic E-state index is 10.9. The van der Waals surface area contributed by atoms with Gasteiger partial charge < -0.3 is 14.9 Å². The Kier molecular flexibility index (Phi) is 3.19.